The Hall–Kier alpha value is -1.82. The van der Waals surface area contributed by atoms with Crippen molar-refractivity contribution in [1.82, 2.24) is 0 Å². The summed E-state index contributed by atoms with van der Waals surface area (Å²) in [5.74, 6) is -0.227. The molecule has 0 fully saturated rings. The van der Waals surface area contributed by atoms with Crippen molar-refractivity contribution in [2.45, 2.75) is 19.0 Å². The zero-order valence-corrected chi connectivity index (χ0v) is 10.6. The van der Waals surface area contributed by atoms with Gasteiger partial charge >= 0.3 is 6.18 Å². The summed E-state index contributed by atoms with van der Waals surface area (Å²) in [4.78, 5) is 11.7. The van der Waals surface area contributed by atoms with Crippen LogP contribution in [-0.4, -0.2) is 25.2 Å². The summed E-state index contributed by atoms with van der Waals surface area (Å²) in [5.41, 5.74) is 0.591. The van der Waals surface area contributed by atoms with Gasteiger partial charge in [0.05, 0.1) is 0 Å². The summed E-state index contributed by atoms with van der Waals surface area (Å²) in [5, 5.41) is 0.799. The summed E-state index contributed by atoms with van der Waals surface area (Å²) >= 11 is 0. The highest BCUT2D eigenvalue weighted by Crippen LogP contribution is 2.21. The molecule has 0 unspecified atom stereocenters. The predicted octanol–water partition coefficient (Wildman–Crippen LogP) is 3.97. The number of Topliss-reactive ketones (excluding diaryl/α,β-unsaturated/α-hetero) is 1. The van der Waals surface area contributed by atoms with Crippen molar-refractivity contribution in [3.63, 3.8) is 0 Å². The van der Waals surface area contributed by atoms with Crippen LogP contribution in [0.2, 0.25) is 0 Å². The highest BCUT2D eigenvalue weighted by atomic mass is 19.4. The number of rotatable bonds is 6. The van der Waals surface area contributed by atoms with Gasteiger partial charge in [-0.05, 0) is 18.6 Å². The van der Waals surface area contributed by atoms with Gasteiger partial charge in [0, 0.05) is 18.4 Å². The third-order valence-electron chi connectivity index (χ3n) is 2.68. The van der Waals surface area contributed by atoms with E-state index in [-0.39, 0.29) is 31.2 Å². The van der Waals surface area contributed by atoms with Crippen LogP contribution in [0.15, 0.2) is 34.7 Å². The number of hydrogen-bond donors (Lipinski definition) is 0. The monoisotopic (exact) mass is 286 g/mol. The van der Waals surface area contributed by atoms with Crippen LogP contribution in [0.3, 0.4) is 0 Å². The number of ketones is 1. The maximum atomic E-state index is 11.9. The lowest BCUT2D eigenvalue weighted by Gasteiger charge is -2.05. The minimum absolute atomic E-state index is 0.106. The summed E-state index contributed by atoms with van der Waals surface area (Å²) in [7, 11) is 0. The molecule has 3 nitrogen and oxygen atoms in total. The molecule has 2 aromatic rings. The van der Waals surface area contributed by atoms with E-state index in [1.807, 2.05) is 6.07 Å². The van der Waals surface area contributed by atoms with Gasteiger partial charge < -0.3 is 9.15 Å². The Labute approximate surface area is 113 Å². The Balaban J connectivity index is 1.80. The first-order valence-electron chi connectivity index (χ1n) is 6.12. The van der Waals surface area contributed by atoms with Gasteiger partial charge in [0.15, 0.2) is 5.76 Å². The molecular weight excluding hydrogens is 273 g/mol. The first-order valence-corrected chi connectivity index (χ1v) is 6.12. The molecule has 0 aliphatic heterocycles. The van der Waals surface area contributed by atoms with Crippen LogP contribution in [0.25, 0.3) is 11.0 Å². The Morgan fingerprint density at radius 2 is 2.00 bits per heavy atom. The third-order valence-corrected chi connectivity index (χ3v) is 2.68. The topological polar surface area (TPSA) is 39.4 Å². The third kappa shape index (κ3) is 4.09. The number of hydrogen-bond acceptors (Lipinski definition) is 3. The Morgan fingerprint density at radius 1 is 1.25 bits per heavy atom. The molecule has 6 heteroatoms. The summed E-state index contributed by atoms with van der Waals surface area (Å²) in [6.07, 6.45) is -5.26. The van der Waals surface area contributed by atoms with Gasteiger partial charge in [0.2, 0.25) is 5.78 Å². The lowest BCUT2D eigenvalue weighted by molar-refractivity contribution is -0.137. The molecule has 1 aromatic heterocycles. The Bertz CT molecular complexity index is 554. The predicted molar refractivity (Wildman–Crippen MR) is 66.7 cm³/mol. The number of benzene rings is 1. The number of carbonyl (C=O) groups excluding carboxylic acids is 1. The molecule has 0 saturated heterocycles. The van der Waals surface area contributed by atoms with Crippen LogP contribution < -0.4 is 0 Å². The zero-order chi connectivity index (χ0) is 14.6. The first kappa shape index (κ1) is 14.6. The second-order valence-corrected chi connectivity index (χ2v) is 4.34. The number of carbonyl (C=O) groups is 1. The molecule has 0 aliphatic carbocycles. The maximum absolute atomic E-state index is 11.9. The highest BCUT2D eigenvalue weighted by Gasteiger charge is 2.26. The van der Waals surface area contributed by atoms with E-state index in [1.165, 1.54) is 0 Å². The van der Waals surface area contributed by atoms with Crippen LogP contribution in [0.1, 0.15) is 23.4 Å². The van der Waals surface area contributed by atoms with Crippen molar-refractivity contribution in [3.8, 4) is 0 Å². The molecule has 0 bridgehead atoms. The average molecular weight is 286 g/mol. The van der Waals surface area contributed by atoms with Crippen molar-refractivity contribution in [3.05, 3.63) is 36.1 Å². The molecule has 1 heterocycles. The van der Waals surface area contributed by atoms with Crippen molar-refractivity contribution >= 4 is 16.8 Å². The standard InChI is InChI=1S/C14H13F3O3/c15-14(16,17)6-3-7-19-9-11(18)13-8-10-4-1-2-5-12(10)20-13/h1-2,4-5,8H,3,6-7,9H2. The molecule has 2 rings (SSSR count). The number of fused-ring (bicyclic) bond motifs is 1. The van der Waals surface area contributed by atoms with Gasteiger partial charge in [0.1, 0.15) is 12.2 Å². The second kappa shape index (κ2) is 6.09. The van der Waals surface area contributed by atoms with Crippen LogP contribution in [0.5, 0.6) is 0 Å². The van der Waals surface area contributed by atoms with E-state index in [2.05, 4.69) is 0 Å². The van der Waals surface area contributed by atoms with E-state index < -0.39 is 12.6 Å². The fourth-order valence-electron chi connectivity index (χ4n) is 1.73. The van der Waals surface area contributed by atoms with Crippen LogP contribution in [-0.2, 0) is 4.74 Å². The quantitative estimate of drug-likeness (QED) is 0.595. The van der Waals surface area contributed by atoms with E-state index in [1.54, 1.807) is 24.3 Å². The molecule has 20 heavy (non-hydrogen) atoms. The lowest BCUT2D eigenvalue weighted by atomic mass is 10.2. The largest absolute Gasteiger partial charge is 0.453 e. The lowest BCUT2D eigenvalue weighted by Crippen LogP contribution is -2.12. The van der Waals surface area contributed by atoms with E-state index in [4.69, 9.17) is 9.15 Å². The van der Waals surface area contributed by atoms with Gasteiger partial charge in [-0.2, -0.15) is 13.2 Å². The molecule has 0 saturated carbocycles. The Kier molecular flexibility index (Phi) is 4.44. The number of furan rings is 1. The van der Waals surface area contributed by atoms with E-state index in [0.717, 1.165) is 5.39 Å². The molecule has 1 aromatic carbocycles. The molecule has 0 amide bonds. The number of para-hydroxylation sites is 1. The Morgan fingerprint density at radius 3 is 2.70 bits per heavy atom. The normalized spacial score (nSPS) is 11.9. The number of alkyl halides is 3. The first-order chi connectivity index (χ1) is 9.46. The van der Waals surface area contributed by atoms with Gasteiger partial charge in [-0.25, -0.2) is 0 Å². The van der Waals surface area contributed by atoms with E-state index in [0.29, 0.717) is 5.58 Å². The molecule has 0 radical (unpaired) electrons. The van der Waals surface area contributed by atoms with Crippen LogP contribution in [0.4, 0.5) is 13.2 Å². The molecule has 0 spiro atoms. The zero-order valence-electron chi connectivity index (χ0n) is 10.6. The molecule has 0 N–H and O–H groups in total. The minimum atomic E-state index is -4.19. The van der Waals surface area contributed by atoms with Crippen molar-refractivity contribution in [2.75, 3.05) is 13.2 Å². The fourth-order valence-corrected chi connectivity index (χ4v) is 1.73. The molecule has 0 aliphatic rings. The summed E-state index contributed by atoms with van der Waals surface area (Å²) < 4.78 is 45.9. The second-order valence-electron chi connectivity index (χ2n) is 4.34. The smallest absolute Gasteiger partial charge is 0.389 e. The van der Waals surface area contributed by atoms with E-state index in [9.17, 15) is 18.0 Å². The highest BCUT2D eigenvalue weighted by molar-refractivity contribution is 5.98. The van der Waals surface area contributed by atoms with Crippen LogP contribution >= 0.6 is 0 Å². The molecule has 0 atom stereocenters. The van der Waals surface area contributed by atoms with Gasteiger partial charge in [0.25, 0.3) is 0 Å². The average Bonchev–Trinajstić information content (AvgIpc) is 2.80. The maximum Gasteiger partial charge on any atom is 0.389 e. The SMILES string of the molecule is O=C(COCCCC(F)(F)F)c1cc2ccccc2o1. The van der Waals surface area contributed by atoms with Crippen molar-refractivity contribution < 1.29 is 27.1 Å². The van der Waals surface area contributed by atoms with Gasteiger partial charge in [-0.1, -0.05) is 18.2 Å². The summed E-state index contributed by atoms with van der Waals surface area (Å²) in [6.45, 7) is -0.386. The van der Waals surface area contributed by atoms with Crippen molar-refractivity contribution in [2.24, 2.45) is 0 Å². The van der Waals surface area contributed by atoms with Crippen LogP contribution in [0, 0.1) is 0 Å². The van der Waals surface area contributed by atoms with Gasteiger partial charge in [-0.3, -0.25) is 4.79 Å². The fraction of sp³-hybridized carbons (Fsp3) is 0.357. The number of halogens is 3. The molecule has 108 valence electrons. The number of ether oxygens (including phenoxy) is 1. The minimum Gasteiger partial charge on any atom is -0.453 e. The summed E-state index contributed by atoms with van der Waals surface area (Å²) in [6, 6.07) is 8.74. The van der Waals surface area contributed by atoms with Gasteiger partial charge in [-0.15, -0.1) is 0 Å². The van der Waals surface area contributed by atoms with Crippen molar-refractivity contribution in [1.29, 1.82) is 0 Å². The van der Waals surface area contributed by atoms with E-state index >= 15 is 0 Å². The molecular formula is C14H13F3O3.